The summed E-state index contributed by atoms with van der Waals surface area (Å²) in [6.45, 7) is 5.07. The largest absolute Gasteiger partial charge is 0.330 e. The Morgan fingerprint density at radius 3 is 2.90 bits per heavy atom. The minimum absolute atomic E-state index is 0.135. The molecule has 1 unspecified atom stereocenters. The number of fused-ring (bicyclic) bond motifs is 1. The second kappa shape index (κ2) is 5.70. The van der Waals surface area contributed by atoms with E-state index in [-0.39, 0.29) is 11.9 Å². The molecular weight excluding hydrogens is 286 g/mol. The summed E-state index contributed by atoms with van der Waals surface area (Å²) in [7, 11) is 0. The molecule has 1 amide bonds. The molecule has 0 bridgehead atoms. The minimum Gasteiger partial charge on any atom is -0.330 e. The average Bonchev–Trinajstić information content (AvgIpc) is 3.07. The molecule has 0 fully saturated rings. The predicted molar refractivity (Wildman–Crippen MR) is 85.4 cm³/mol. The van der Waals surface area contributed by atoms with Crippen molar-refractivity contribution in [3.63, 3.8) is 0 Å². The third kappa shape index (κ3) is 2.54. The summed E-state index contributed by atoms with van der Waals surface area (Å²) in [4.78, 5) is 17.4. The van der Waals surface area contributed by atoms with Crippen molar-refractivity contribution in [3.8, 4) is 0 Å². The summed E-state index contributed by atoms with van der Waals surface area (Å²) in [5, 5.41) is 4.25. The van der Waals surface area contributed by atoms with Gasteiger partial charge in [0.2, 0.25) is 5.91 Å². The molecule has 0 saturated carbocycles. The van der Waals surface area contributed by atoms with Gasteiger partial charge in [-0.25, -0.2) is 0 Å². The monoisotopic (exact) mass is 305 g/mol. The van der Waals surface area contributed by atoms with Crippen LogP contribution in [-0.2, 0) is 11.2 Å². The molecular formula is C16H19NOS2. The fraction of sp³-hybridized carbons (Fsp3) is 0.438. The molecule has 1 aliphatic heterocycles. The Bertz CT molecular complexity index is 585. The fourth-order valence-electron chi connectivity index (χ4n) is 2.81. The SMILES string of the molecule is CC(C)CC(=O)N1CCc2sccc2C1c1cccs1. The summed E-state index contributed by atoms with van der Waals surface area (Å²) >= 11 is 3.57. The van der Waals surface area contributed by atoms with Gasteiger partial charge in [-0.05, 0) is 40.8 Å². The fourth-order valence-corrected chi connectivity index (χ4v) is 4.56. The number of hydrogen-bond acceptors (Lipinski definition) is 3. The van der Waals surface area contributed by atoms with E-state index in [9.17, 15) is 4.79 Å². The van der Waals surface area contributed by atoms with E-state index in [1.165, 1.54) is 15.3 Å². The summed E-state index contributed by atoms with van der Waals surface area (Å²) < 4.78 is 0. The first-order chi connectivity index (χ1) is 9.66. The zero-order valence-electron chi connectivity index (χ0n) is 11.8. The van der Waals surface area contributed by atoms with Crippen LogP contribution in [0.2, 0.25) is 0 Å². The number of thiophene rings is 2. The van der Waals surface area contributed by atoms with Gasteiger partial charge in [0.25, 0.3) is 0 Å². The van der Waals surface area contributed by atoms with Crippen LogP contribution in [0.5, 0.6) is 0 Å². The van der Waals surface area contributed by atoms with Crippen molar-refractivity contribution in [2.24, 2.45) is 5.92 Å². The third-order valence-corrected chi connectivity index (χ3v) is 5.60. The zero-order chi connectivity index (χ0) is 14.1. The second-order valence-electron chi connectivity index (χ2n) is 5.65. The van der Waals surface area contributed by atoms with Crippen LogP contribution in [-0.4, -0.2) is 17.4 Å². The Morgan fingerprint density at radius 2 is 2.20 bits per heavy atom. The van der Waals surface area contributed by atoms with Crippen molar-refractivity contribution in [3.05, 3.63) is 44.3 Å². The first-order valence-electron chi connectivity index (χ1n) is 7.06. The standard InChI is InChI=1S/C16H19NOS2/c1-11(2)10-15(18)17-7-5-13-12(6-9-20-13)16(17)14-4-3-8-19-14/h3-4,6,8-9,11,16H,5,7,10H2,1-2H3. The normalized spacial score (nSPS) is 18.4. The lowest BCUT2D eigenvalue weighted by Gasteiger charge is -2.36. The van der Waals surface area contributed by atoms with E-state index in [1.54, 1.807) is 11.3 Å². The van der Waals surface area contributed by atoms with Gasteiger partial charge in [-0.15, -0.1) is 22.7 Å². The van der Waals surface area contributed by atoms with E-state index >= 15 is 0 Å². The second-order valence-corrected chi connectivity index (χ2v) is 7.63. The van der Waals surface area contributed by atoms with Crippen LogP contribution in [0, 0.1) is 5.92 Å². The molecule has 106 valence electrons. The number of rotatable bonds is 3. The van der Waals surface area contributed by atoms with Gasteiger partial charge in [-0.2, -0.15) is 0 Å². The van der Waals surface area contributed by atoms with E-state index in [0.29, 0.717) is 12.3 Å². The third-order valence-electron chi connectivity index (χ3n) is 3.68. The van der Waals surface area contributed by atoms with Crippen molar-refractivity contribution in [1.82, 2.24) is 4.90 Å². The highest BCUT2D eigenvalue weighted by Crippen LogP contribution is 2.39. The molecule has 3 heterocycles. The molecule has 20 heavy (non-hydrogen) atoms. The van der Waals surface area contributed by atoms with Gasteiger partial charge >= 0.3 is 0 Å². The lowest BCUT2D eigenvalue weighted by atomic mass is 9.97. The average molecular weight is 305 g/mol. The molecule has 3 rings (SSSR count). The van der Waals surface area contributed by atoms with E-state index < -0.39 is 0 Å². The molecule has 2 nitrogen and oxygen atoms in total. The summed E-state index contributed by atoms with van der Waals surface area (Å²) in [5.74, 6) is 0.700. The van der Waals surface area contributed by atoms with Crippen molar-refractivity contribution in [1.29, 1.82) is 0 Å². The molecule has 0 saturated heterocycles. The molecule has 2 aromatic rings. The van der Waals surface area contributed by atoms with Gasteiger partial charge in [0.15, 0.2) is 0 Å². The molecule has 1 aliphatic rings. The summed E-state index contributed by atoms with van der Waals surface area (Å²) in [6.07, 6.45) is 1.64. The highest BCUT2D eigenvalue weighted by molar-refractivity contribution is 7.10. The van der Waals surface area contributed by atoms with Crippen LogP contribution in [0.15, 0.2) is 29.0 Å². The maximum Gasteiger partial charge on any atom is 0.223 e. The van der Waals surface area contributed by atoms with Gasteiger partial charge in [0.05, 0.1) is 6.04 Å². The first-order valence-corrected chi connectivity index (χ1v) is 8.82. The molecule has 0 radical (unpaired) electrons. The highest BCUT2D eigenvalue weighted by atomic mass is 32.1. The molecule has 0 aliphatic carbocycles. The van der Waals surface area contributed by atoms with Gasteiger partial charge in [-0.1, -0.05) is 19.9 Å². The van der Waals surface area contributed by atoms with E-state index in [2.05, 4.69) is 47.7 Å². The van der Waals surface area contributed by atoms with E-state index in [1.807, 2.05) is 11.3 Å². The Balaban J connectivity index is 1.96. The predicted octanol–water partition coefficient (Wildman–Crippen LogP) is 4.33. The highest BCUT2D eigenvalue weighted by Gasteiger charge is 2.33. The molecule has 1 atom stereocenters. The Hall–Kier alpha value is -1.13. The van der Waals surface area contributed by atoms with Gasteiger partial charge in [0, 0.05) is 22.7 Å². The summed E-state index contributed by atoms with van der Waals surface area (Å²) in [6, 6.07) is 6.55. The number of hydrogen-bond donors (Lipinski definition) is 0. The Labute approximate surface area is 128 Å². The van der Waals surface area contributed by atoms with Gasteiger partial charge < -0.3 is 4.90 Å². The molecule has 4 heteroatoms. The molecule has 0 N–H and O–H groups in total. The van der Waals surface area contributed by atoms with Gasteiger partial charge in [0.1, 0.15) is 0 Å². The quantitative estimate of drug-likeness (QED) is 0.826. The van der Waals surface area contributed by atoms with E-state index in [0.717, 1.165) is 13.0 Å². The van der Waals surface area contributed by atoms with Crippen LogP contribution in [0.4, 0.5) is 0 Å². The van der Waals surface area contributed by atoms with Crippen LogP contribution in [0.25, 0.3) is 0 Å². The lowest BCUT2D eigenvalue weighted by molar-refractivity contribution is -0.134. The van der Waals surface area contributed by atoms with Crippen molar-refractivity contribution in [2.75, 3.05) is 6.54 Å². The maximum absolute atomic E-state index is 12.6. The van der Waals surface area contributed by atoms with Crippen molar-refractivity contribution < 1.29 is 4.79 Å². The Kier molecular flexibility index (Phi) is 3.94. The topological polar surface area (TPSA) is 20.3 Å². The molecule has 2 aromatic heterocycles. The Morgan fingerprint density at radius 1 is 1.35 bits per heavy atom. The van der Waals surface area contributed by atoms with Crippen LogP contribution in [0.1, 0.15) is 41.6 Å². The van der Waals surface area contributed by atoms with E-state index in [4.69, 9.17) is 0 Å². The minimum atomic E-state index is 0.135. The van der Waals surface area contributed by atoms with Gasteiger partial charge in [-0.3, -0.25) is 4.79 Å². The lowest BCUT2D eigenvalue weighted by Crippen LogP contribution is -2.40. The zero-order valence-corrected chi connectivity index (χ0v) is 13.5. The summed E-state index contributed by atoms with van der Waals surface area (Å²) in [5.41, 5.74) is 1.33. The van der Waals surface area contributed by atoms with Crippen LogP contribution >= 0.6 is 22.7 Å². The number of nitrogens with zero attached hydrogens (tertiary/aromatic N) is 1. The molecule has 0 spiro atoms. The number of carbonyl (C=O) groups excluding carboxylic acids is 1. The van der Waals surface area contributed by atoms with Crippen molar-refractivity contribution >= 4 is 28.6 Å². The maximum atomic E-state index is 12.6. The first kappa shape index (κ1) is 13.8. The van der Waals surface area contributed by atoms with Crippen molar-refractivity contribution in [2.45, 2.75) is 32.7 Å². The van der Waals surface area contributed by atoms with Crippen LogP contribution < -0.4 is 0 Å². The number of carbonyl (C=O) groups is 1. The number of amides is 1. The smallest absolute Gasteiger partial charge is 0.223 e. The molecule has 0 aromatic carbocycles. The van der Waals surface area contributed by atoms with Crippen LogP contribution in [0.3, 0.4) is 0 Å².